The lowest BCUT2D eigenvalue weighted by molar-refractivity contribution is -0.141. The zero-order valence-corrected chi connectivity index (χ0v) is 20.9. The highest BCUT2D eigenvalue weighted by molar-refractivity contribution is 5.89. The maximum absolute atomic E-state index is 12.7. The Balaban J connectivity index is 0.000000945. The number of carbonyl (C=O) groups is 3. The number of hydroxylamine groups is 1. The van der Waals surface area contributed by atoms with Crippen molar-refractivity contribution in [3.63, 3.8) is 0 Å². The summed E-state index contributed by atoms with van der Waals surface area (Å²) in [4.78, 5) is 42.1. The summed E-state index contributed by atoms with van der Waals surface area (Å²) in [6.07, 6.45) is 4.51. The van der Waals surface area contributed by atoms with Crippen molar-refractivity contribution in [1.82, 2.24) is 16.1 Å². The first-order chi connectivity index (χ1) is 16.3. The molecular weight excluding hydrogens is 430 g/mol. The molecule has 3 rings (SSSR count). The van der Waals surface area contributed by atoms with Gasteiger partial charge >= 0.3 is 0 Å². The number of likely N-dealkylation sites (N-methyl/N-ethyl adjacent to an activating group) is 1. The molecule has 1 atom stereocenters. The van der Waals surface area contributed by atoms with Gasteiger partial charge in [0.05, 0.1) is 18.6 Å². The highest BCUT2D eigenvalue weighted by Crippen LogP contribution is 2.21. The van der Waals surface area contributed by atoms with Crippen LogP contribution in [0.15, 0.2) is 42.5 Å². The summed E-state index contributed by atoms with van der Waals surface area (Å²) in [6.45, 7) is 6.38. The first kappa shape index (κ1) is 27.3. The van der Waals surface area contributed by atoms with Crippen LogP contribution in [-0.2, 0) is 25.6 Å². The molecule has 1 fully saturated rings. The molecule has 7 heteroatoms. The summed E-state index contributed by atoms with van der Waals surface area (Å²) in [6, 6.07) is 14.0. The van der Waals surface area contributed by atoms with Gasteiger partial charge < -0.3 is 10.6 Å². The van der Waals surface area contributed by atoms with Crippen molar-refractivity contribution in [2.24, 2.45) is 11.8 Å². The lowest BCUT2D eigenvalue weighted by Crippen LogP contribution is -2.41. The van der Waals surface area contributed by atoms with Gasteiger partial charge in [0.25, 0.3) is 0 Å². The Morgan fingerprint density at radius 2 is 1.62 bits per heavy atom. The lowest BCUT2D eigenvalue weighted by atomic mass is 9.93. The number of carbonyl (C=O) groups excluding carboxylic acids is 3. The van der Waals surface area contributed by atoms with Gasteiger partial charge in [-0.15, -0.1) is 0 Å². The lowest BCUT2D eigenvalue weighted by Gasteiger charge is -2.18. The van der Waals surface area contributed by atoms with Crippen LogP contribution in [0, 0.1) is 11.8 Å². The van der Waals surface area contributed by atoms with E-state index in [1.807, 2.05) is 42.5 Å². The van der Waals surface area contributed by atoms with Crippen LogP contribution in [0.2, 0.25) is 0 Å². The quantitative estimate of drug-likeness (QED) is 0.485. The van der Waals surface area contributed by atoms with Gasteiger partial charge in [0, 0.05) is 13.5 Å². The molecule has 186 valence electrons. The topological polar surface area (TPSA) is 96.5 Å². The molecule has 1 unspecified atom stereocenters. The average Bonchev–Trinajstić information content (AvgIpc) is 3.34. The number of amides is 3. The van der Waals surface area contributed by atoms with Crippen molar-refractivity contribution >= 4 is 28.5 Å². The Bertz CT molecular complexity index is 936. The highest BCUT2D eigenvalue weighted by atomic mass is 16.7. The summed E-state index contributed by atoms with van der Waals surface area (Å²) < 4.78 is 0. The number of hydrogen-bond acceptors (Lipinski definition) is 4. The summed E-state index contributed by atoms with van der Waals surface area (Å²) in [5, 5.41) is 7.28. The van der Waals surface area contributed by atoms with Crippen LogP contribution in [0.4, 0.5) is 0 Å². The molecule has 3 amide bonds. The van der Waals surface area contributed by atoms with Crippen LogP contribution in [0.3, 0.4) is 0 Å². The van der Waals surface area contributed by atoms with Crippen LogP contribution < -0.4 is 16.1 Å². The van der Waals surface area contributed by atoms with E-state index in [4.69, 9.17) is 4.84 Å². The van der Waals surface area contributed by atoms with Gasteiger partial charge in [-0.3, -0.25) is 19.2 Å². The Morgan fingerprint density at radius 1 is 0.971 bits per heavy atom. The smallest absolute Gasteiger partial charge is 0.244 e. The second-order valence-corrected chi connectivity index (χ2v) is 9.46. The number of fused-ring (bicyclic) bond motifs is 1. The minimum atomic E-state index is -0.608. The average molecular weight is 470 g/mol. The maximum Gasteiger partial charge on any atom is 0.244 e. The maximum atomic E-state index is 12.7. The largest absolute Gasteiger partial charge is 0.358 e. The predicted octanol–water partition coefficient (Wildman–Crippen LogP) is 3.90. The van der Waals surface area contributed by atoms with E-state index >= 15 is 0 Å². The molecule has 7 nitrogen and oxygen atoms in total. The van der Waals surface area contributed by atoms with E-state index in [2.05, 4.69) is 36.9 Å². The molecule has 1 aliphatic rings. The highest BCUT2D eigenvalue weighted by Gasteiger charge is 2.24. The van der Waals surface area contributed by atoms with Gasteiger partial charge in [-0.2, -0.15) is 0 Å². The SMILES string of the molecule is CC(C)C.CNC(=O)CNC(=O)C(CC(=O)NOC1CCCC1)Cc1ccc2ccccc2c1. The minimum absolute atomic E-state index is 0.0148. The fourth-order valence-corrected chi connectivity index (χ4v) is 3.73. The van der Waals surface area contributed by atoms with Crippen LogP contribution >= 0.6 is 0 Å². The number of hydrogen-bond donors (Lipinski definition) is 3. The Morgan fingerprint density at radius 3 is 2.26 bits per heavy atom. The molecule has 34 heavy (non-hydrogen) atoms. The fourth-order valence-electron chi connectivity index (χ4n) is 3.73. The molecule has 1 aliphatic carbocycles. The number of benzene rings is 2. The standard InChI is InChI=1S/C23H29N3O4.C4H10/c1-24-22(28)15-25-23(29)19(14-21(27)26-30-20-8-4-5-9-20)13-16-10-11-17-6-2-3-7-18(17)12-16;1-4(2)3/h2-3,6-7,10-12,19-20H,4-5,8-9,13-15H2,1H3,(H,24,28)(H,25,29)(H,26,27);4H,1-3H3. The van der Waals surface area contributed by atoms with E-state index in [1.54, 1.807) is 0 Å². The molecular formula is C27H39N3O4. The van der Waals surface area contributed by atoms with E-state index in [0.717, 1.165) is 47.9 Å². The van der Waals surface area contributed by atoms with E-state index in [1.165, 1.54) is 7.05 Å². The van der Waals surface area contributed by atoms with Crippen molar-refractivity contribution in [1.29, 1.82) is 0 Å². The number of rotatable bonds is 9. The van der Waals surface area contributed by atoms with Crippen molar-refractivity contribution in [3.05, 3.63) is 48.0 Å². The van der Waals surface area contributed by atoms with E-state index in [0.29, 0.717) is 6.42 Å². The molecule has 0 aromatic heterocycles. The van der Waals surface area contributed by atoms with Gasteiger partial charge in [-0.25, -0.2) is 5.48 Å². The molecule has 1 saturated carbocycles. The van der Waals surface area contributed by atoms with Crippen LogP contribution in [0.1, 0.15) is 58.4 Å². The summed E-state index contributed by atoms with van der Waals surface area (Å²) >= 11 is 0. The van der Waals surface area contributed by atoms with Crippen molar-refractivity contribution in [3.8, 4) is 0 Å². The fraction of sp³-hybridized carbons (Fsp3) is 0.519. The predicted molar refractivity (Wildman–Crippen MR) is 135 cm³/mol. The molecule has 2 aromatic rings. The molecule has 0 heterocycles. The molecule has 0 saturated heterocycles. The van der Waals surface area contributed by atoms with E-state index in [9.17, 15) is 14.4 Å². The van der Waals surface area contributed by atoms with Crippen molar-refractivity contribution in [2.45, 2.75) is 65.4 Å². The van der Waals surface area contributed by atoms with E-state index in [-0.39, 0.29) is 36.8 Å². The molecule has 0 bridgehead atoms. The zero-order valence-electron chi connectivity index (χ0n) is 20.9. The molecule has 2 aromatic carbocycles. The van der Waals surface area contributed by atoms with Gasteiger partial charge in [0.2, 0.25) is 17.7 Å². The van der Waals surface area contributed by atoms with Gasteiger partial charge in [0.15, 0.2) is 0 Å². The number of nitrogens with one attached hydrogen (secondary N) is 3. The second kappa shape index (κ2) is 14.4. The normalized spacial score (nSPS) is 14.3. The van der Waals surface area contributed by atoms with E-state index < -0.39 is 5.92 Å². The van der Waals surface area contributed by atoms with Crippen LogP contribution in [-0.4, -0.2) is 37.4 Å². The zero-order chi connectivity index (χ0) is 24.9. The first-order valence-corrected chi connectivity index (χ1v) is 12.2. The monoisotopic (exact) mass is 469 g/mol. The first-order valence-electron chi connectivity index (χ1n) is 12.2. The summed E-state index contributed by atoms with van der Waals surface area (Å²) in [7, 11) is 1.51. The molecule has 0 spiro atoms. The third-order valence-electron chi connectivity index (χ3n) is 5.44. The third kappa shape index (κ3) is 9.91. The molecule has 3 N–H and O–H groups in total. The van der Waals surface area contributed by atoms with Gasteiger partial charge in [-0.1, -0.05) is 76.1 Å². The Hall–Kier alpha value is -2.93. The van der Waals surface area contributed by atoms with Gasteiger partial charge in [-0.05, 0) is 41.5 Å². The summed E-state index contributed by atoms with van der Waals surface area (Å²) in [5.74, 6) is -0.727. The van der Waals surface area contributed by atoms with Crippen LogP contribution in [0.25, 0.3) is 10.8 Å². The Labute approximate surface area is 203 Å². The second-order valence-electron chi connectivity index (χ2n) is 9.46. The molecule has 0 aliphatic heterocycles. The van der Waals surface area contributed by atoms with Crippen LogP contribution in [0.5, 0.6) is 0 Å². The van der Waals surface area contributed by atoms with Gasteiger partial charge in [0.1, 0.15) is 0 Å². The van der Waals surface area contributed by atoms with Crippen molar-refractivity contribution < 1.29 is 19.2 Å². The minimum Gasteiger partial charge on any atom is -0.358 e. The third-order valence-corrected chi connectivity index (χ3v) is 5.44. The Kier molecular flexibility index (Phi) is 11.5. The molecule has 0 radical (unpaired) electrons. The van der Waals surface area contributed by atoms with Crippen molar-refractivity contribution in [2.75, 3.05) is 13.6 Å². The summed E-state index contributed by atoms with van der Waals surface area (Å²) in [5.41, 5.74) is 3.46.